The molecule has 8 nitrogen and oxygen atoms in total. The fourth-order valence-corrected chi connectivity index (χ4v) is 2.17. The molecule has 2 amide bonds. The van der Waals surface area contributed by atoms with E-state index in [4.69, 9.17) is 19.9 Å². The highest BCUT2D eigenvalue weighted by atomic mass is 16.5. The van der Waals surface area contributed by atoms with E-state index in [0.717, 1.165) is 0 Å². The Morgan fingerprint density at radius 1 is 0.926 bits per heavy atom. The van der Waals surface area contributed by atoms with Crippen LogP contribution in [0.25, 0.3) is 0 Å². The fraction of sp³-hybridized carbons (Fsp3) is 0.211. The molecule has 0 saturated carbocycles. The third-order valence-electron chi connectivity index (χ3n) is 3.68. The number of nitrogens with two attached hydrogens (primary N) is 1. The lowest BCUT2D eigenvalue weighted by atomic mass is 10.2. The molecule has 27 heavy (non-hydrogen) atoms. The third kappa shape index (κ3) is 5.21. The maximum absolute atomic E-state index is 12.3. The molecular weight excluding hydrogens is 352 g/mol. The Hall–Kier alpha value is -3.55. The lowest BCUT2D eigenvalue weighted by Gasteiger charge is -2.14. The van der Waals surface area contributed by atoms with Crippen LogP contribution in [0.5, 0.6) is 11.5 Å². The first-order valence-corrected chi connectivity index (χ1v) is 7.99. The number of anilines is 1. The van der Waals surface area contributed by atoms with Crippen molar-refractivity contribution in [3.8, 4) is 11.5 Å². The van der Waals surface area contributed by atoms with Gasteiger partial charge in [-0.15, -0.1) is 0 Å². The van der Waals surface area contributed by atoms with Gasteiger partial charge in [0.05, 0.1) is 19.8 Å². The number of amides is 2. The second-order valence-electron chi connectivity index (χ2n) is 5.58. The third-order valence-corrected chi connectivity index (χ3v) is 3.68. The summed E-state index contributed by atoms with van der Waals surface area (Å²) in [5, 5.41) is 2.59. The van der Waals surface area contributed by atoms with Crippen LogP contribution in [0.3, 0.4) is 0 Å². The second-order valence-corrected chi connectivity index (χ2v) is 5.58. The van der Waals surface area contributed by atoms with Crippen LogP contribution in [0, 0.1) is 0 Å². The molecule has 2 aromatic carbocycles. The van der Waals surface area contributed by atoms with Crippen molar-refractivity contribution in [2.75, 3.05) is 19.5 Å². The number of ether oxygens (including phenoxy) is 3. The Balaban J connectivity index is 2.03. The minimum atomic E-state index is -1.05. The van der Waals surface area contributed by atoms with E-state index in [1.54, 1.807) is 6.07 Å². The maximum Gasteiger partial charge on any atom is 0.339 e. The number of esters is 1. The van der Waals surface area contributed by atoms with E-state index in [1.165, 1.54) is 57.5 Å². The van der Waals surface area contributed by atoms with Gasteiger partial charge in [0.1, 0.15) is 11.5 Å². The van der Waals surface area contributed by atoms with Crippen LogP contribution < -0.4 is 20.5 Å². The van der Waals surface area contributed by atoms with Gasteiger partial charge < -0.3 is 25.3 Å². The normalized spacial score (nSPS) is 11.2. The topological polar surface area (TPSA) is 117 Å². The maximum atomic E-state index is 12.3. The summed E-state index contributed by atoms with van der Waals surface area (Å²) >= 11 is 0. The lowest BCUT2D eigenvalue weighted by Crippen LogP contribution is -2.30. The molecule has 2 rings (SSSR count). The van der Waals surface area contributed by atoms with Gasteiger partial charge in [0.2, 0.25) is 5.91 Å². The summed E-state index contributed by atoms with van der Waals surface area (Å²) in [5.74, 6) is -0.936. The van der Waals surface area contributed by atoms with Gasteiger partial charge in [0.25, 0.3) is 5.91 Å². The van der Waals surface area contributed by atoms with Crippen molar-refractivity contribution in [1.82, 2.24) is 0 Å². The van der Waals surface area contributed by atoms with Crippen LogP contribution in [0.1, 0.15) is 27.6 Å². The second kappa shape index (κ2) is 8.70. The highest BCUT2D eigenvalue weighted by Gasteiger charge is 2.20. The summed E-state index contributed by atoms with van der Waals surface area (Å²) in [5.41, 5.74) is 6.11. The molecule has 1 atom stereocenters. The van der Waals surface area contributed by atoms with Gasteiger partial charge in [-0.05, 0) is 43.3 Å². The number of hydrogen-bond acceptors (Lipinski definition) is 6. The zero-order valence-electron chi connectivity index (χ0n) is 15.1. The number of carbonyl (C=O) groups is 3. The number of nitrogens with one attached hydrogen (secondary N) is 1. The predicted octanol–water partition coefficient (Wildman–Crippen LogP) is 1.99. The number of carbonyl (C=O) groups excluding carboxylic acids is 3. The summed E-state index contributed by atoms with van der Waals surface area (Å²) < 4.78 is 15.4. The molecule has 0 aliphatic carbocycles. The van der Waals surface area contributed by atoms with Gasteiger partial charge in [0, 0.05) is 17.3 Å². The molecule has 0 bridgehead atoms. The summed E-state index contributed by atoms with van der Waals surface area (Å²) in [6.45, 7) is 1.45. The molecule has 3 N–H and O–H groups in total. The van der Waals surface area contributed by atoms with Gasteiger partial charge in [-0.25, -0.2) is 4.79 Å². The molecule has 0 aliphatic rings. The number of hydrogen-bond donors (Lipinski definition) is 2. The Morgan fingerprint density at radius 2 is 1.48 bits per heavy atom. The zero-order chi connectivity index (χ0) is 20.0. The average molecular weight is 372 g/mol. The minimum Gasteiger partial charge on any atom is -0.497 e. The van der Waals surface area contributed by atoms with E-state index in [9.17, 15) is 14.4 Å². The van der Waals surface area contributed by atoms with Crippen LogP contribution in [0.2, 0.25) is 0 Å². The van der Waals surface area contributed by atoms with Crippen LogP contribution in [0.4, 0.5) is 5.69 Å². The van der Waals surface area contributed by atoms with Gasteiger partial charge in [0.15, 0.2) is 6.10 Å². The first-order chi connectivity index (χ1) is 12.8. The summed E-state index contributed by atoms with van der Waals surface area (Å²) in [4.78, 5) is 35.6. The van der Waals surface area contributed by atoms with Crippen molar-refractivity contribution in [3.05, 3.63) is 53.6 Å². The number of primary amides is 1. The smallest absolute Gasteiger partial charge is 0.339 e. The molecule has 0 aromatic heterocycles. The van der Waals surface area contributed by atoms with Crippen molar-refractivity contribution in [2.45, 2.75) is 13.0 Å². The summed E-state index contributed by atoms with van der Waals surface area (Å²) in [6, 6.07) is 10.6. The van der Waals surface area contributed by atoms with Crippen molar-refractivity contribution in [3.63, 3.8) is 0 Å². The SMILES string of the molecule is COc1cc(OC)cc(C(=O)O[C@H](C)C(=O)Nc2ccc(C(N)=O)cc2)c1. The van der Waals surface area contributed by atoms with Crippen LogP contribution in [-0.4, -0.2) is 38.1 Å². The lowest BCUT2D eigenvalue weighted by molar-refractivity contribution is -0.123. The van der Waals surface area contributed by atoms with Crippen LogP contribution in [0.15, 0.2) is 42.5 Å². The van der Waals surface area contributed by atoms with E-state index in [0.29, 0.717) is 22.7 Å². The summed E-state index contributed by atoms with van der Waals surface area (Å²) in [7, 11) is 2.92. The predicted molar refractivity (Wildman–Crippen MR) is 98.0 cm³/mol. The van der Waals surface area contributed by atoms with E-state index < -0.39 is 23.9 Å². The highest BCUT2D eigenvalue weighted by molar-refractivity contribution is 5.98. The molecule has 0 fully saturated rings. The number of benzene rings is 2. The Bertz CT molecular complexity index is 826. The number of methoxy groups -OCH3 is 2. The van der Waals surface area contributed by atoms with E-state index in [2.05, 4.69) is 5.32 Å². The van der Waals surface area contributed by atoms with Gasteiger partial charge in [-0.3, -0.25) is 9.59 Å². The fourth-order valence-electron chi connectivity index (χ4n) is 2.17. The van der Waals surface area contributed by atoms with Gasteiger partial charge in [-0.2, -0.15) is 0 Å². The minimum absolute atomic E-state index is 0.191. The van der Waals surface area contributed by atoms with E-state index >= 15 is 0 Å². The van der Waals surface area contributed by atoms with Crippen LogP contribution in [-0.2, 0) is 9.53 Å². The molecule has 0 aliphatic heterocycles. The van der Waals surface area contributed by atoms with Crippen molar-refractivity contribution in [1.29, 1.82) is 0 Å². The largest absolute Gasteiger partial charge is 0.497 e. The molecule has 0 spiro atoms. The van der Waals surface area contributed by atoms with E-state index in [1.807, 2.05) is 0 Å². The molecule has 0 heterocycles. The van der Waals surface area contributed by atoms with Crippen LogP contribution >= 0.6 is 0 Å². The quantitative estimate of drug-likeness (QED) is 0.718. The first kappa shape index (κ1) is 19.8. The molecular formula is C19H20N2O6. The summed E-state index contributed by atoms with van der Waals surface area (Å²) in [6.07, 6.45) is -1.05. The standard InChI is InChI=1S/C19H20N2O6/c1-11(18(23)21-14-6-4-12(5-7-14)17(20)22)27-19(24)13-8-15(25-2)10-16(9-13)26-3/h4-11H,1-3H3,(H2,20,22)(H,21,23)/t11-/m1/s1. The molecule has 2 aromatic rings. The van der Waals surface area contributed by atoms with Crippen molar-refractivity contribution in [2.24, 2.45) is 5.73 Å². The van der Waals surface area contributed by atoms with E-state index in [-0.39, 0.29) is 5.56 Å². The van der Waals surface area contributed by atoms with Crippen molar-refractivity contribution >= 4 is 23.5 Å². The van der Waals surface area contributed by atoms with Gasteiger partial charge in [-0.1, -0.05) is 0 Å². The Morgan fingerprint density at radius 3 is 1.96 bits per heavy atom. The average Bonchev–Trinajstić information content (AvgIpc) is 2.67. The number of rotatable bonds is 7. The Kier molecular flexibility index (Phi) is 6.37. The first-order valence-electron chi connectivity index (χ1n) is 7.99. The molecule has 8 heteroatoms. The molecule has 0 unspecified atom stereocenters. The zero-order valence-corrected chi connectivity index (χ0v) is 15.1. The highest BCUT2D eigenvalue weighted by Crippen LogP contribution is 2.23. The van der Waals surface area contributed by atoms with Crippen molar-refractivity contribution < 1.29 is 28.6 Å². The van der Waals surface area contributed by atoms with Gasteiger partial charge >= 0.3 is 5.97 Å². The molecule has 0 radical (unpaired) electrons. The molecule has 0 saturated heterocycles. The monoisotopic (exact) mass is 372 g/mol. The Labute approximate surface area is 156 Å². The molecule has 142 valence electrons.